The highest BCUT2D eigenvalue weighted by Gasteiger charge is 2.18. The van der Waals surface area contributed by atoms with Crippen LogP contribution < -0.4 is 4.74 Å². The molecule has 0 unspecified atom stereocenters. The van der Waals surface area contributed by atoms with E-state index in [0.717, 1.165) is 22.0 Å². The Labute approximate surface area is 142 Å². The van der Waals surface area contributed by atoms with Gasteiger partial charge in [-0.05, 0) is 24.6 Å². The van der Waals surface area contributed by atoms with Gasteiger partial charge in [-0.25, -0.2) is 4.98 Å². The van der Waals surface area contributed by atoms with Crippen molar-refractivity contribution >= 4 is 17.2 Å². The Balaban J connectivity index is 2.12. The molecule has 0 aliphatic rings. The van der Waals surface area contributed by atoms with Gasteiger partial charge in [-0.1, -0.05) is 26.8 Å². The highest BCUT2D eigenvalue weighted by Crippen LogP contribution is 2.27. The summed E-state index contributed by atoms with van der Waals surface area (Å²) in [6.45, 7) is 8.83. The fourth-order valence-corrected chi connectivity index (χ4v) is 2.91. The standard InChI is InChI=1S/C18H24N2O2S/c1-12-7-8-13(16(21)20(5)6)9-15(12)22-10-14-11-23-17(19-14)18(2,3)4/h7-9,11H,10H2,1-6H3. The van der Waals surface area contributed by atoms with Gasteiger partial charge in [0, 0.05) is 30.5 Å². The van der Waals surface area contributed by atoms with Crippen LogP contribution in [0.25, 0.3) is 0 Å². The first-order valence-corrected chi connectivity index (χ1v) is 8.46. The molecule has 124 valence electrons. The topological polar surface area (TPSA) is 42.4 Å². The van der Waals surface area contributed by atoms with Gasteiger partial charge in [0.25, 0.3) is 5.91 Å². The van der Waals surface area contributed by atoms with Gasteiger partial charge < -0.3 is 9.64 Å². The Hall–Kier alpha value is -1.88. The van der Waals surface area contributed by atoms with Crippen LogP contribution >= 0.6 is 11.3 Å². The second kappa shape index (κ2) is 6.71. The number of hydrogen-bond donors (Lipinski definition) is 0. The van der Waals surface area contributed by atoms with Crippen molar-refractivity contribution in [3.05, 3.63) is 45.4 Å². The molecule has 2 rings (SSSR count). The third-order valence-corrected chi connectivity index (χ3v) is 4.73. The van der Waals surface area contributed by atoms with Gasteiger partial charge in [0.05, 0.1) is 10.7 Å². The van der Waals surface area contributed by atoms with Crippen molar-refractivity contribution in [2.75, 3.05) is 14.1 Å². The van der Waals surface area contributed by atoms with Crippen LogP contribution in [0.3, 0.4) is 0 Å². The number of ether oxygens (including phenoxy) is 1. The molecule has 0 saturated carbocycles. The number of amides is 1. The van der Waals surface area contributed by atoms with Gasteiger partial charge in [-0.2, -0.15) is 0 Å². The second-order valence-electron chi connectivity index (χ2n) is 6.86. The van der Waals surface area contributed by atoms with Crippen molar-refractivity contribution in [3.8, 4) is 5.75 Å². The van der Waals surface area contributed by atoms with Crippen LogP contribution in [0.1, 0.15) is 47.4 Å². The maximum absolute atomic E-state index is 12.1. The molecule has 1 amide bonds. The lowest BCUT2D eigenvalue weighted by atomic mass is 9.98. The number of carbonyl (C=O) groups excluding carboxylic acids is 1. The smallest absolute Gasteiger partial charge is 0.253 e. The number of aryl methyl sites for hydroxylation is 1. The van der Waals surface area contributed by atoms with Crippen LogP contribution in [0.15, 0.2) is 23.6 Å². The zero-order chi connectivity index (χ0) is 17.2. The average Bonchev–Trinajstić information content (AvgIpc) is 2.94. The minimum atomic E-state index is -0.0291. The monoisotopic (exact) mass is 332 g/mol. The van der Waals surface area contributed by atoms with Crippen molar-refractivity contribution < 1.29 is 9.53 Å². The number of nitrogens with zero attached hydrogens (tertiary/aromatic N) is 2. The summed E-state index contributed by atoms with van der Waals surface area (Å²) in [7, 11) is 3.48. The van der Waals surface area contributed by atoms with Crippen molar-refractivity contribution in [2.24, 2.45) is 0 Å². The number of rotatable bonds is 4. The highest BCUT2D eigenvalue weighted by molar-refractivity contribution is 7.09. The van der Waals surface area contributed by atoms with Gasteiger partial charge in [0.15, 0.2) is 0 Å². The number of carbonyl (C=O) groups is 1. The molecule has 0 aliphatic heterocycles. The zero-order valence-corrected chi connectivity index (χ0v) is 15.5. The van der Waals surface area contributed by atoms with E-state index >= 15 is 0 Å². The first-order chi connectivity index (χ1) is 10.7. The molecular weight excluding hydrogens is 308 g/mol. The van der Waals surface area contributed by atoms with Crippen LogP contribution in [0.5, 0.6) is 5.75 Å². The number of thiazole rings is 1. The lowest BCUT2D eigenvalue weighted by Gasteiger charge is -2.14. The summed E-state index contributed by atoms with van der Waals surface area (Å²) in [5.41, 5.74) is 2.61. The largest absolute Gasteiger partial charge is 0.487 e. The van der Waals surface area contributed by atoms with E-state index < -0.39 is 0 Å². The fourth-order valence-electron chi connectivity index (χ4n) is 2.02. The van der Waals surface area contributed by atoms with Crippen LogP contribution in [-0.2, 0) is 12.0 Å². The maximum atomic E-state index is 12.1. The molecule has 0 saturated heterocycles. The lowest BCUT2D eigenvalue weighted by molar-refractivity contribution is 0.0827. The quantitative estimate of drug-likeness (QED) is 0.849. The predicted molar refractivity (Wildman–Crippen MR) is 94.3 cm³/mol. The molecule has 1 aromatic heterocycles. The average molecular weight is 332 g/mol. The summed E-state index contributed by atoms with van der Waals surface area (Å²) >= 11 is 1.66. The van der Waals surface area contributed by atoms with Crippen molar-refractivity contribution in [1.82, 2.24) is 9.88 Å². The van der Waals surface area contributed by atoms with E-state index in [2.05, 4.69) is 25.8 Å². The summed E-state index contributed by atoms with van der Waals surface area (Å²) in [6, 6.07) is 5.54. The second-order valence-corrected chi connectivity index (χ2v) is 7.72. The van der Waals surface area contributed by atoms with E-state index in [0.29, 0.717) is 12.2 Å². The van der Waals surface area contributed by atoms with Gasteiger partial charge in [-0.15, -0.1) is 11.3 Å². The van der Waals surface area contributed by atoms with Crippen LogP contribution in [-0.4, -0.2) is 29.9 Å². The van der Waals surface area contributed by atoms with Crippen molar-refractivity contribution in [3.63, 3.8) is 0 Å². The van der Waals surface area contributed by atoms with E-state index in [1.807, 2.05) is 24.4 Å². The van der Waals surface area contributed by atoms with Gasteiger partial charge in [0.1, 0.15) is 12.4 Å². The molecule has 0 bridgehead atoms. The molecule has 1 heterocycles. The van der Waals surface area contributed by atoms with E-state index in [1.54, 1.807) is 36.4 Å². The number of benzene rings is 1. The Kier molecular flexibility index (Phi) is 5.09. The lowest BCUT2D eigenvalue weighted by Crippen LogP contribution is -2.21. The molecule has 2 aromatic rings. The maximum Gasteiger partial charge on any atom is 0.253 e. The van der Waals surface area contributed by atoms with Crippen LogP contribution in [0.4, 0.5) is 0 Å². The van der Waals surface area contributed by atoms with E-state index in [-0.39, 0.29) is 11.3 Å². The molecule has 0 atom stereocenters. The van der Waals surface area contributed by atoms with E-state index in [4.69, 9.17) is 4.74 Å². The molecule has 4 nitrogen and oxygen atoms in total. The Bertz CT molecular complexity index is 699. The van der Waals surface area contributed by atoms with E-state index in [1.165, 1.54) is 0 Å². The summed E-state index contributed by atoms with van der Waals surface area (Å²) in [4.78, 5) is 18.2. The van der Waals surface area contributed by atoms with Crippen molar-refractivity contribution in [2.45, 2.75) is 39.7 Å². The summed E-state index contributed by atoms with van der Waals surface area (Å²) in [5, 5.41) is 3.13. The number of aromatic nitrogens is 1. The summed E-state index contributed by atoms with van der Waals surface area (Å²) in [6.07, 6.45) is 0. The molecule has 0 aliphatic carbocycles. The highest BCUT2D eigenvalue weighted by atomic mass is 32.1. The molecular formula is C18H24N2O2S. The van der Waals surface area contributed by atoms with E-state index in [9.17, 15) is 4.79 Å². The van der Waals surface area contributed by atoms with Crippen molar-refractivity contribution in [1.29, 1.82) is 0 Å². The summed E-state index contributed by atoms with van der Waals surface area (Å²) in [5.74, 6) is 0.696. The Morgan fingerprint density at radius 1 is 1.30 bits per heavy atom. The SMILES string of the molecule is Cc1ccc(C(=O)N(C)C)cc1OCc1csc(C(C)(C)C)n1. The minimum absolute atomic E-state index is 0.0291. The first-order valence-electron chi connectivity index (χ1n) is 7.58. The zero-order valence-electron chi connectivity index (χ0n) is 14.6. The molecule has 0 spiro atoms. The fraction of sp³-hybridized carbons (Fsp3) is 0.444. The molecule has 23 heavy (non-hydrogen) atoms. The van der Waals surface area contributed by atoms with Gasteiger partial charge >= 0.3 is 0 Å². The number of hydrogen-bond acceptors (Lipinski definition) is 4. The third kappa shape index (κ3) is 4.32. The molecule has 0 fully saturated rings. The predicted octanol–water partition coefficient (Wildman–Crippen LogP) is 4.03. The molecule has 0 radical (unpaired) electrons. The van der Waals surface area contributed by atoms with Crippen LogP contribution in [0.2, 0.25) is 0 Å². The molecule has 0 N–H and O–H groups in total. The third-order valence-electron chi connectivity index (χ3n) is 3.41. The minimum Gasteiger partial charge on any atom is -0.487 e. The molecule has 1 aromatic carbocycles. The normalized spacial score (nSPS) is 11.4. The Morgan fingerprint density at radius 2 is 2.00 bits per heavy atom. The molecule has 5 heteroatoms. The van der Waals surface area contributed by atoms with Gasteiger partial charge in [0.2, 0.25) is 0 Å². The van der Waals surface area contributed by atoms with Crippen LogP contribution in [0, 0.1) is 6.92 Å². The Morgan fingerprint density at radius 3 is 2.57 bits per heavy atom. The van der Waals surface area contributed by atoms with Gasteiger partial charge in [-0.3, -0.25) is 4.79 Å². The first kappa shape index (κ1) is 17.5. The summed E-state index contributed by atoms with van der Waals surface area (Å²) < 4.78 is 5.89.